The van der Waals surface area contributed by atoms with Crippen molar-refractivity contribution in [2.45, 2.75) is 32.7 Å². The maximum Gasteiger partial charge on any atom is 0.401 e. The van der Waals surface area contributed by atoms with Gasteiger partial charge in [-0.3, -0.25) is 9.89 Å². The molecule has 1 fully saturated rings. The van der Waals surface area contributed by atoms with Gasteiger partial charge in [-0.2, -0.15) is 13.2 Å². The van der Waals surface area contributed by atoms with Crippen LogP contribution in [0, 0.1) is 11.7 Å². The quantitative estimate of drug-likeness (QED) is 0.233. The van der Waals surface area contributed by atoms with Gasteiger partial charge in [0.15, 0.2) is 5.96 Å². The molecule has 1 unspecified atom stereocenters. The first-order valence-electron chi connectivity index (χ1n) is 9.76. The Morgan fingerprint density at radius 1 is 1.37 bits per heavy atom. The van der Waals surface area contributed by atoms with Gasteiger partial charge in [0, 0.05) is 45.9 Å². The Kier molecular flexibility index (Phi) is 11.3. The van der Waals surface area contributed by atoms with Gasteiger partial charge in [0.1, 0.15) is 5.82 Å². The monoisotopic (exact) mass is 546 g/mol. The number of alkyl halides is 3. The second kappa shape index (κ2) is 12.7. The van der Waals surface area contributed by atoms with Crippen molar-refractivity contribution < 1.29 is 22.3 Å². The lowest BCUT2D eigenvalue weighted by molar-refractivity contribution is -0.146. The van der Waals surface area contributed by atoms with Crippen LogP contribution in [0.25, 0.3) is 0 Å². The Labute approximate surface area is 192 Å². The van der Waals surface area contributed by atoms with Crippen molar-refractivity contribution in [1.82, 2.24) is 15.1 Å². The molecular weight excluding hydrogens is 515 g/mol. The van der Waals surface area contributed by atoms with Crippen LogP contribution in [-0.2, 0) is 17.9 Å². The van der Waals surface area contributed by atoms with Crippen LogP contribution in [0.1, 0.15) is 24.5 Å². The molecule has 0 spiro atoms. The molecular formula is C20H31F4IN4O. The van der Waals surface area contributed by atoms with Crippen molar-refractivity contribution in [3.05, 3.63) is 35.1 Å². The minimum absolute atomic E-state index is 0. The Hall–Kier alpha value is -1.14. The van der Waals surface area contributed by atoms with Crippen molar-refractivity contribution in [3.63, 3.8) is 0 Å². The number of hydrogen-bond donors (Lipinski definition) is 1. The second-order valence-corrected chi connectivity index (χ2v) is 7.30. The molecule has 10 heteroatoms. The van der Waals surface area contributed by atoms with Crippen molar-refractivity contribution >= 4 is 29.9 Å². The maximum atomic E-state index is 13.7. The molecule has 30 heavy (non-hydrogen) atoms. The predicted molar refractivity (Wildman–Crippen MR) is 121 cm³/mol. The summed E-state index contributed by atoms with van der Waals surface area (Å²) in [4.78, 5) is 7.80. The lowest BCUT2D eigenvalue weighted by Gasteiger charge is -2.26. The molecule has 5 nitrogen and oxygen atoms in total. The summed E-state index contributed by atoms with van der Waals surface area (Å²) in [5.41, 5.74) is 1.39. The van der Waals surface area contributed by atoms with E-state index in [1.54, 1.807) is 26.1 Å². The largest absolute Gasteiger partial charge is 0.401 e. The lowest BCUT2D eigenvalue weighted by Crippen LogP contribution is -2.41. The van der Waals surface area contributed by atoms with Crippen LogP contribution in [-0.4, -0.2) is 68.8 Å². The molecule has 1 heterocycles. The van der Waals surface area contributed by atoms with Gasteiger partial charge >= 0.3 is 6.18 Å². The second-order valence-electron chi connectivity index (χ2n) is 7.30. The van der Waals surface area contributed by atoms with E-state index in [1.807, 2.05) is 0 Å². The third-order valence-corrected chi connectivity index (χ3v) is 5.02. The molecule has 2 rings (SSSR count). The number of methoxy groups -OCH3 is 1. The van der Waals surface area contributed by atoms with E-state index in [0.29, 0.717) is 37.7 Å². The van der Waals surface area contributed by atoms with Gasteiger partial charge in [-0.1, -0.05) is 13.0 Å². The number of hydrogen-bond acceptors (Lipinski definition) is 3. The Bertz CT molecular complexity index is 687. The highest BCUT2D eigenvalue weighted by atomic mass is 127. The van der Waals surface area contributed by atoms with Gasteiger partial charge < -0.3 is 15.0 Å². The molecule has 0 amide bonds. The minimum Gasteiger partial charge on any atom is -0.380 e. The van der Waals surface area contributed by atoms with Crippen LogP contribution in [0.5, 0.6) is 0 Å². The summed E-state index contributed by atoms with van der Waals surface area (Å²) in [7, 11) is 3.20. The summed E-state index contributed by atoms with van der Waals surface area (Å²) >= 11 is 0. The molecule has 1 saturated heterocycles. The van der Waals surface area contributed by atoms with E-state index in [-0.39, 0.29) is 42.3 Å². The Morgan fingerprint density at radius 2 is 2.10 bits per heavy atom. The third-order valence-electron chi connectivity index (χ3n) is 5.02. The summed E-state index contributed by atoms with van der Waals surface area (Å²) < 4.78 is 56.8. The smallest absolute Gasteiger partial charge is 0.380 e. The van der Waals surface area contributed by atoms with Crippen LogP contribution in [0.4, 0.5) is 17.6 Å². The number of guanidine groups is 1. The Morgan fingerprint density at radius 3 is 2.70 bits per heavy atom. The molecule has 0 saturated carbocycles. The van der Waals surface area contributed by atoms with E-state index < -0.39 is 12.7 Å². The zero-order valence-electron chi connectivity index (χ0n) is 17.6. The number of nitrogens with zero attached hydrogens (tertiary/aromatic N) is 3. The number of likely N-dealkylation sites (tertiary alicyclic amines) is 1. The highest BCUT2D eigenvalue weighted by molar-refractivity contribution is 14.0. The molecule has 1 aromatic rings. The van der Waals surface area contributed by atoms with E-state index >= 15 is 0 Å². The lowest BCUT2D eigenvalue weighted by atomic mass is 10.1. The van der Waals surface area contributed by atoms with E-state index in [9.17, 15) is 17.6 Å². The average molecular weight is 546 g/mol. The van der Waals surface area contributed by atoms with Crippen molar-refractivity contribution in [2.24, 2.45) is 10.9 Å². The first-order chi connectivity index (χ1) is 13.8. The highest BCUT2D eigenvalue weighted by Gasteiger charge is 2.33. The van der Waals surface area contributed by atoms with Crippen LogP contribution in [0.2, 0.25) is 0 Å². The number of ether oxygens (including phenoxy) is 1. The summed E-state index contributed by atoms with van der Waals surface area (Å²) in [5.74, 6) is 0.556. The molecule has 1 N–H and O–H groups in total. The summed E-state index contributed by atoms with van der Waals surface area (Å²) in [6.45, 7) is 3.74. The molecule has 1 aliphatic heterocycles. The molecule has 172 valence electrons. The fourth-order valence-electron chi connectivity index (χ4n) is 3.62. The SMILES string of the molecule is CCN(CC1CCN(C(=NC)NCc2ccc(F)c(COC)c2)C1)CC(F)(F)F.I. The number of benzene rings is 1. The van der Waals surface area contributed by atoms with Crippen LogP contribution in [0.3, 0.4) is 0 Å². The normalized spacial score (nSPS) is 17.4. The van der Waals surface area contributed by atoms with Gasteiger partial charge in [-0.15, -0.1) is 24.0 Å². The first kappa shape index (κ1) is 26.9. The van der Waals surface area contributed by atoms with Crippen molar-refractivity contribution in [1.29, 1.82) is 0 Å². The summed E-state index contributed by atoms with van der Waals surface area (Å²) in [6, 6.07) is 4.87. The molecule has 1 aliphatic rings. The topological polar surface area (TPSA) is 40.1 Å². The maximum absolute atomic E-state index is 13.7. The number of aliphatic imine (C=N–C) groups is 1. The Balaban J connectivity index is 0.00000450. The van der Waals surface area contributed by atoms with Crippen LogP contribution >= 0.6 is 24.0 Å². The molecule has 0 aliphatic carbocycles. The van der Waals surface area contributed by atoms with Gasteiger partial charge in [0.25, 0.3) is 0 Å². The average Bonchev–Trinajstić information content (AvgIpc) is 3.11. The fourth-order valence-corrected chi connectivity index (χ4v) is 3.62. The van der Waals surface area contributed by atoms with Crippen LogP contribution < -0.4 is 5.32 Å². The van der Waals surface area contributed by atoms with E-state index in [4.69, 9.17) is 4.74 Å². The van der Waals surface area contributed by atoms with Gasteiger partial charge in [-0.05, 0) is 36.6 Å². The number of nitrogens with one attached hydrogen (secondary N) is 1. The zero-order valence-corrected chi connectivity index (χ0v) is 20.0. The number of rotatable bonds is 8. The summed E-state index contributed by atoms with van der Waals surface area (Å²) in [5, 5.41) is 3.26. The fraction of sp³-hybridized carbons (Fsp3) is 0.650. The zero-order chi connectivity index (χ0) is 21.4. The molecule has 1 aromatic carbocycles. The molecule has 0 radical (unpaired) electrons. The van der Waals surface area contributed by atoms with Crippen LogP contribution in [0.15, 0.2) is 23.2 Å². The third kappa shape index (κ3) is 8.54. The van der Waals surface area contributed by atoms with Crippen molar-refractivity contribution in [2.75, 3.05) is 46.9 Å². The van der Waals surface area contributed by atoms with Gasteiger partial charge in [0.05, 0.1) is 13.2 Å². The minimum atomic E-state index is -4.18. The van der Waals surface area contributed by atoms with E-state index in [0.717, 1.165) is 18.5 Å². The predicted octanol–water partition coefficient (Wildman–Crippen LogP) is 3.87. The van der Waals surface area contributed by atoms with E-state index in [2.05, 4.69) is 15.2 Å². The van der Waals surface area contributed by atoms with Gasteiger partial charge in [-0.25, -0.2) is 4.39 Å². The summed E-state index contributed by atoms with van der Waals surface area (Å²) in [6.07, 6.45) is -3.35. The van der Waals surface area contributed by atoms with Gasteiger partial charge in [0.2, 0.25) is 0 Å². The van der Waals surface area contributed by atoms with E-state index in [1.165, 1.54) is 18.1 Å². The molecule has 0 bridgehead atoms. The highest BCUT2D eigenvalue weighted by Crippen LogP contribution is 2.21. The molecule has 1 atom stereocenters. The van der Waals surface area contributed by atoms with Crippen molar-refractivity contribution in [3.8, 4) is 0 Å². The standard InChI is InChI=1S/C20H30F4N4O.HI/c1-4-27(14-20(22,23)24)11-16-7-8-28(12-16)19(25-2)26-10-15-5-6-18(21)17(9-15)13-29-3;/h5-6,9,16H,4,7-8,10-14H2,1-3H3,(H,25,26);1H. The molecule has 0 aromatic heterocycles. The first-order valence-corrected chi connectivity index (χ1v) is 9.76. The number of halogens is 5.